The molecule has 0 atom stereocenters. The number of aromatic carboxylic acids is 2. The highest BCUT2D eigenvalue weighted by atomic mass is 35.5. The summed E-state index contributed by atoms with van der Waals surface area (Å²) in [5.41, 5.74) is 4.93. The van der Waals surface area contributed by atoms with Crippen LogP contribution in [-0.4, -0.2) is 38.4 Å². The molecule has 0 saturated carbocycles. The largest absolute Gasteiger partial charge is 0.475 e. The Balaban J connectivity index is 0.000000206. The fourth-order valence-corrected chi connectivity index (χ4v) is 4.04. The Labute approximate surface area is 228 Å². The van der Waals surface area contributed by atoms with Crippen LogP contribution < -0.4 is 0 Å². The van der Waals surface area contributed by atoms with E-state index in [9.17, 15) is 19.2 Å². The van der Waals surface area contributed by atoms with Crippen molar-refractivity contribution in [1.29, 1.82) is 0 Å². The maximum atomic E-state index is 10.8. The molecule has 2 amide bonds. The van der Waals surface area contributed by atoms with Gasteiger partial charge in [-0.3, -0.25) is 9.59 Å². The summed E-state index contributed by atoms with van der Waals surface area (Å²) >= 11 is 11.1. The van der Waals surface area contributed by atoms with Crippen molar-refractivity contribution in [1.82, 2.24) is 4.42 Å². The number of amides is 2. The smallest absolute Gasteiger partial charge is 0.371 e. The Morgan fingerprint density at radius 3 is 1.66 bits per heavy atom. The number of aryl methyl sites for hydroxylation is 4. The summed E-state index contributed by atoms with van der Waals surface area (Å²) in [4.78, 5) is 42.2. The Morgan fingerprint density at radius 2 is 1.24 bits per heavy atom. The van der Waals surface area contributed by atoms with E-state index in [1.54, 1.807) is 12.1 Å². The van der Waals surface area contributed by atoms with Crippen molar-refractivity contribution in [3.05, 3.63) is 69.1 Å². The summed E-state index contributed by atoms with van der Waals surface area (Å²) in [5.74, 6) is -2.75. The number of carbonyl (C=O) groups excluding carboxylic acids is 2. The van der Waals surface area contributed by atoms with E-state index in [4.69, 9.17) is 42.4 Å². The molecule has 0 bridgehead atoms. The number of carboxylic acids is 2. The van der Waals surface area contributed by atoms with E-state index in [1.165, 1.54) is 6.07 Å². The second-order valence-corrected chi connectivity index (χ2v) is 9.13. The molecule has 0 radical (unpaired) electrons. The lowest BCUT2D eigenvalue weighted by molar-refractivity contribution is -0.132. The van der Waals surface area contributed by atoms with Gasteiger partial charge in [-0.05, 0) is 68.1 Å². The molecular formula is C27H27Cl2NO8. The molecule has 11 heteroatoms. The molecule has 1 aliphatic heterocycles. The minimum atomic E-state index is -1.07. The number of furan rings is 2. The highest BCUT2D eigenvalue weighted by molar-refractivity contribution is 6.32. The third kappa shape index (κ3) is 6.35. The van der Waals surface area contributed by atoms with Gasteiger partial charge in [-0.15, -0.1) is 0 Å². The van der Waals surface area contributed by atoms with Gasteiger partial charge in [0.05, 0.1) is 0 Å². The van der Waals surface area contributed by atoms with Crippen LogP contribution in [0.25, 0.3) is 21.9 Å². The highest BCUT2D eigenvalue weighted by Crippen LogP contribution is 2.31. The standard InChI is InChI=1S/C11H9ClO3.C11H10O3.C4H4ClNO2.CH4/c1-5-3-8(12)6(2)7-4-9(11(13)14)15-10(5)7;1-6-3-4-7(2)10-8(6)5-9(14-10)11(12)13;5-6-3(7)1-2-4(6)8;/h3-4H,1-2H3,(H,13,14);3-5H,1-2H3,(H,12,13);1-2H2;1H4. The zero-order valence-corrected chi connectivity index (χ0v) is 21.9. The van der Waals surface area contributed by atoms with Gasteiger partial charge < -0.3 is 19.0 Å². The van der Waals surface area contributed by atoms with Gasteiger partial charge in [-0.25, -0.2) is 9.59 Å². The summed E-state index contributed by atoms with van der Waals surface area (Å²) in [6.07, 6.45) is 0.532. The summed E-state index contributed by atoms with van der Waals surface area (Å²) in [5, 5.41) is 19.8. The summed E-state index contributed by atoms with van der Waals surface area (Å²) < 4.78 is 11.1. The number of hydrogen-bond acceptors (Lipinski definition) is 6. The van der Waals surface area contributed by atoms with Crippen LogP contribution in [0.1, 0.15) is 63.6 Å². The lowest BCUT2D eigenvalue weighted by atomic mass is 10.1. The number of nitrogens with zero attached hydrogens (tertiary/aromatic N) is 1. The van der Waals surface area contributed by atoms with E-state index in [-0.39, 0.29) is 43.6 Å². The zero-order chi connectivity index (χ0) is 27.6. The number of hydrogen-bond donors (Lipinski definition) is 2. The van der Waals surface area contributed by atoms with Crippen molar-refractivity contribution in [3.63, 3.8) is 0 Å². The first-order chi connectivity index (χ1) is 17.3. The quantitative estimate of drug-likeness (QED) is 0.195. The highest BCUT2D eigenvalue weighted by Gasteiger charge is 2.26. The van der Waals surface area contributed by atoms with Crippen molar-refractivity contribution < 1.29 is 38.2 Å². The molecule has 0 unspecified atom stereocenters. The van der Waals surface area contributed by atoms with Crippen LogP contribution in [0.5, 0.6) is 0 Å². The number of benzene rings is 2. The van der Waals surface area contributed by atoms with Gasteiger partial charge >= 0.3 is 11.9 Å². The van der Waals surface area contributed by atoms with Crippen molar-refractivity contribution >= 4 is 69.1 Å². The van der Waals surface area contributed by atoms with E-state index in [2.05, 4.69) is 0 Å². The third-order valence-corrected chi connectivity index (χ3v) is 6.48. The SMILES string of the molecule is C.Cc1c(Cl)cc(C)c2oc(C(=O)O)cc12.Cc1ccc(C)c2oc(C(=O)O)cc12.O=C1CCC(=O)N1Cl. The Kier molecular flexibility index (Phi) is 9.72. The van der Waals surface area contributed by atoms with Crippen molar-refractivity contribution in [3.8, 4) is 0 Å². The average Bonchev–Trinajstić information content (AvgIpc) is 3.56. The number of carboxylic acid groups (broad SMARTS) is 2. The maximum absolute atomic E-state index is 10.8. The summed E-state index contributed by atoms with van der Waals surface area (Å²) in [7, 11) is 0. The molecule has 38 heavy (non-hydrogen) atoms. The lowest BCUT2D eigenvalue weighted by Gasteiger charge is -2.01. The molecule has 3 heterocycles. The fraction of sp³-hybridized carbons (Fsp3) is 0.259. The van der Waals surface area contributed by atoms with E-state index in [0.717, 1.165) is 33.0 Å². The number of rotatable bonds is 2. The van der Waals surface area contributed by atoms with Gasteiger partial charge in [0, 0.05) is 40.4 Å². The number of fused-ring (bicyclic) bond motifs is 2. The third-order valence-electron chi connectivity index (χ3n) is 5.71. The molecular weight excluding hydrogens is 537 g/mol. The maximum Gasteiger partial charge on any atom is 0.371 e. The molecule has 2 aromatic heterocycles. The lowest BCUT2D eigenvalue weighted by Crippen LogP contribution is -2.16. The van der Waals surface area contributed by atoms with Crippen molar-refractivity contribution in [2.24, 2.45) is 0 Å². The molecule has 1 fully saturated rings. The van der Waals surface area contributed by atoms with Crippen LogP contribution >= 0.6 is 23.4 Å². The van der Waals surface area contributed by atoms with Crippen molar-refractivity contribution in [2.45, 2.75) is 48.0 Å². The van der Waals surface area contributed by atoms with Crippen LogP contribution in [0.2, 0.25) is 5.02 Å². The minimum absolute atomic E-state index is 0. The second kappa shape index (κ2) is 12.1. The van der Waals surface area contributed by atoms with Gasteiger partial charge in [-0.2, -0.15) is 4.42 Å². The average molecular weight is 564 g/mol. The van der Waals surface area contributed by atoms with Crippen molar-refractivity contribution in [2.75, 3.05) is 0 Å². The number of halogens is 2. The van der Waals surface area contributed by atoms with Crippen LogP contribution in [-0.2, 0) is 9.59 Å². The monoisotopic (exact) mass is 563 g/mol. The minimum Gasteiger partial charge on any atom is -0.475 e. The Morgan fingerprint density at radius 1 is 0.789 bits per heavy atom. The van der Waals surface area contributed by atoms with E-state index in [0.29, 0.717) is 20.6 Å². The second-order valence-electron chi connectivity index (χ2n) is 8.39. The molecule has 1 aliphatic rings. The van der Waals surface area contributed by atoms with Gasteiger partial charge in [-0.1, -0.05) is 31.2 Å². The fourth-order valence-electron chi connectivity index (χ4n) is 3.61. The molecule has 202 valence electrons. The summed E-state index contributed by atoms with van der Waals surface area (Å²) in [6, 6.07) is 8.73. The van der Waals surface area contributed by atoms with Crippen LogP contribution in [0.15, 0.2) is 39.2 Å². The normalized spacial score (nSPS) is 12.5. The molecule has 4 aromatic rings. The van der Waals surface area contributed by atoms with E-state index < -0.39 is 11.9 Å². The molecule has 0 spiro atoms. The van der Waals surface area contributed by atoms with Gasteiger partial charge in [0.2, 0.25) is 23.3 Å². The number of carbonyl (C=O) groups is 4. The van der Waals surface area contributed by atoms with Gasteiger partial charge in [0.1, 0.15) is 11.2 Å². The topological polar surface area (TPSA) is 138 Å². The van der Waals surface area contributed by atoms with Gasteiger partial charge in [0.15, 0.2) is 0 Å². The zero-order valence-electron chi connectivity index (χ0n) is 20.3. The first-order valence-electron chi connectivity index (χ1n) is 11.0. The molecule has 5 rings (SSSR count). The van der Waals surface area contributed by atoms with Crippen LogP contribution in [0, 0.1) is 27.7 Å². The Hall–Kier alpha value is -3.82. The molecule has 9 nitrogen and oxygen atoms in total. The first kappa shape index (κ1) is 30.4. The van der Waals surface area contributed by atoms with Crippen LogP contribution in [0.4, 0.5) is 0 Å². The van der Waals surface area contributed by atoms with E-state index in [1.807, 2.05) is 39.8 Å². The molecule has 2 aromatic carbocycles. The van der Waals surface area contributed by atoms with Gasteiger partial charge in [0.25, 0.3) is 0 Å². The molecule has 1 saturated heterocycles. The van der Waals surface area contributed by atoms with Crippen LogP contribution in [0.3, 0.4) is 0 Å². The molecule has 2 N–H and O–H groups in total. The Bertz CT molecular complexity index is 1490. The van der Waals surface area contributed by atoms with E-state index >= 15 is 0 Å². The first-order valence-corrected chi connectivity index (χ1v) is 11.7. The summed E-state index contributed by atoms with van der Waals surface area (Å²) in [6.45, 7) is 7.51. The number of imide groups is 1. The predicted molar refractivity (Wildman–Crippen MR) is 144 cm³/mol. The molecule has 0 aliphatic carbocycles. The predicted octanol–water partition coefficient (Wildman–Crippen LogP) is 7.07.